The summed E-state index contributed by atoms with van der Waals surface area (Å²) in [5, 5.41) is 0. The van der Waals surface area contributed by atoms with E-state index < -0.39 is 0 Å². The molecule has 0 aliphatic heterocycles. The van der Waals surface area contributed by atoms with Gasteiger partial charge in [0.25, 0.3) is 0 Å². The van der Waals surface area contributed by atoms with Gasteiger partial charge in [-0.15, -0.1) is 0 Å². The van der Waals surface area contributed by atoms with Crippen molar-refractivity contribution in [2.24, 2.45) is 16.8 Å². The van der Waals surface area contributed by atoms with Gasteiger partial charge in [-0.1, -0.05) is 39.5 Å². The summed E-state index contributed by atoms with van der Waals surface area (Å²) in [7, 11) is 0. The third-order valence-electron chi connectivity index (χ3n) is 2.64. The van der Waals surface area contributed by atoms with E-state index in [4.69, 9.17) is 0 Å². The summed E-state index contributed by atoms with van der Waals surface area (Å²) in [6.07, 6.45) is 7.02. The predicted molar refractivity (Wildman–Crippen MR) is 70.2 cm³/mol. The van der Waals surface area contributed by atoms with Crippen molar-refractivity contribution in [3.63, 3.8) is 0 Å². The molecule has 0 saturated carbocycles. The Morgan fingerprint density at radius 2 is 2.00 bits per heavy atom. The van der Waals surface area contributed by atoms with E-state index in [0.717, 1.165) is 17.7 Å². The monoisotopic (exact) mass is 205 g/mol. The second-order valence-electron chi connectivity index (χ2n) is 4.02. The third-order valence-corrected chi connectivity index (χ3v) is 2.64. The van der Waals surface area contributed by atoms with Crippen molar-refractivity contribution in [2.75, 3.05) is 0 Å². The molecule has 0 aromatic carbocycles. The minimum atomic E-state index is 0.493. The maximum Gasteiger partial charge on any atom is 0.0651 e. The molecular weight excluding hydrogens is 182 g/mol. The molecule has 0 spiro atoms. The van der Waals surface area contributed by atoms with Crippen LogP contribution in [0.1, 0.15) is 34.1 Å². The molecule has 15 heavy (non-hydrogen) atoms. The van der Waals surface area contributed by atoms with Crippen LogP contribution >= 0.6 is 0 Å². The highest BCUT2D eigenvalue weighted by Crippen LogP contribution is 2.28. The highest BCUT2D eigenvalue weighted by Gasteiger charge is 2.16. The molecule has 0 saturated heterocycles. The standard InChI is InChI=1S/C14H23N/c1-7-9-10-14(15-6)12(5)13(8-2)11(3)4/h7,9-11,13H,5-6,8H2,1-4H3/b9-7-,14-10-/t13-/m1/s1. The summed E-state index contributed by atoms with van der Waals surface area (Å²) in [6.45, 7) is 16.3. The largest absolute Gasteiger partial charge is 0.264 e. The Balaban J connectivity index is 4.85. The fourth-order valence-corrected chi connectivity index (χ4v) is 1.76. The smallest absolute Gasteiger partial charge is 0.0651 e. The molecule has 0 amide bonds. The summed E-state index contributed by atoms with van der Waals surface area (Å²) in [4.78, 5) is 4.04. The van der Waals surface area contributed by atoms with Gasteiger partial charge in [0.15, 0.2) is 0 Å². The van der Waals surface area contributed by atoms with Gasteiger partial charge in [0.2, 0.25) is 0 Å². The van der Waals surface area contributed by atoms with Crippen molar-refractivity contribution in [3.05, 3.63) is 36.1 Å². The van der Waals surface area contributed by atoms with Crippen LogP contribution in [0.2, 0.25) is 0 Å². The molecule has 1 heteroatoms. The van der Waals surface area contributed by atoms with Crippen LogP contribution < -0.4 is 0 Å². The van der Waals surface area contributed by atoms with Gasteiger partial charge in [-0.05, 0) is 43.5 Å². The van der Waals surface area contributed by atoms with E-state index in [1.54, 1.807) is 0 Å². The fourth-order valence-electron chi connectivity index (χ4n) is 1.76. The van der Waals surface area contributed by atoms with Gasteiger partial charge in [0.1, 0.15) is 0 Å². The Bertz CT molecular complexity index is 269. The first-order valence-corrected chi connectivity index (χ1v) is 5.57. The molecule has 0 bridgehead atoms. The SMILES string of the molecule is C=N/C(=C\C=C/C)C(=C)[C@H](CC)C(C)C. The van der Waals surface area contributed by atoms with E-state index in [2.05, 4.69) is 39.1 Å². The van der Waals surface area contributed by atoms with Gasteiger partial charge in [-0.25, -0.2) is 0 Å². The number of rotatable bonds is 6. The van der Waals surface area contributed by atoms with Crippen molar-refractivity contribution in [1.82, 2.24) is 0 Å². The van der Waals surface area contributed by atoms with Gasteiger partial charge >= 0.3 is 0 Å². The lowest BCUT2D eigenvalue weighted by Crippen LogP contribution is -2.11. The molecule has 0 unspecified atom stereocenters. The first-order chi connectivity index (χ1) is 7.08. The lowest BCUT2D eigenvalue weighted by atomic mass is 9.85. The summed E-state index contributed by atoms with van der Waals surface area (Å²) in [6, 6.07) is 0. The van der Waals surface area contributed by atoms with E-state index in [-0.39, 0.29) is 0 Å². The molecule has 0 heterocycles. The number of hydrogen-bond acceptors (Lipinski definition) is 1. The average Bonchev–Trinajstić information content (AvgIpc) is 2.19. The maximum absolute atomic E-state index is 4.14. The number of nitrogens with zero attached hydrogens (tertiary/aromatic N) is 1. The number of hydrogen-bond donors (Lipinski definition) is 0. The summed E-state index contributed by atoms with van der Waals surface area (Å²) in [5.74, 6) is 1.09. The molecule has 0 aromatic rings. The minimum Gasteiger partial charge on any atom is -0.264 e. The summed E-state index contributed by atoms with van der Waals surface area (Å²) < 4.78 is 0. The van der Waals surface area contributed by atoms with Gasteiger partial charge < -0.3 is 0 Å². The normalized spacial score (nSPS) is 14.6. The van der Waals surface area contributed by atoms with Crippen LogP contribution in [-0.2, 0) is 0 Å². The van der Waals surface area contributed by atoms with Gasteiger partial charge in [0, 0.05) is 0 Å². The molecule has 84 valence electrons. The number of allylic oxidation sites excluding steroid dienone is 4. The first kappa shape index (κ1) is 13.9. The zero-order chi connectivity index (χ0) is 11.8. The van der Waals surface area contributed by atoms with E-state index in [1.165, 1.54) is 0 Å². The van der Waals surface area contributed by atoms with Crippen molar-refractivity contribution < 1.29 is 0 Å². The van der Waals surface area contributed by atoms with Crippen LogP contribution in [0.25, 0.3) is 0 Å². The Morgan fingerprint density at radius 1 is 1.40 bits per heavy atom. The highest BCUT2D eigenvalue weighted by atomic mass is 14.7. The van der Waals surface area contributed by atoms with Crippen LogP contribution in [0.3, 0.4) is 0 Å². The van der Waals surface area contributed by atoms with Gasteiger partial charge in [-0.2, -0.15) is 0 Å². The van der Waals surface area contributed by atoms with Gasteiger partial charge in [-0.3, -0.25) is 4.99 Å². The van der Waals surface area contributed by atoms with Crippen LogP contribution in [0.4, 0.5) is 0 Å². The van der Waals surface area contributed by atoms with E-state index in [1.807, 2.05) is 25.2 Å². The fraction of sp³-hybridized carbons (Fsp3) is 0.500. The zero-order valence-corrected chi connectivity index (χ0v) is 10.5. The van der Waals surface area contributed by atoms with E-state index in [9.17, 15) is 0 Å². The van der Waals surface area contributed by atoms with Crippen molar-refractivity contribution >= 4 is 6.72 Å². The Kier molecular flexibility index (Phi) is 6.68. The quantitative estimate of drug-likeness (QED) is 0.450. The summed E-state index contributed by atoms with van der Waals surface area (Å²) >= 11 is 0. The van der Waals surface area contributed by atoms with E-state index >= 15 is 0 Å². The third kappa shape index (κ3) is 4.28. The van der Waals surface area contributed by atoms with Crippen LogP contribution in [0.15, 0.2) is 41.1 Å². The molecule has 1 nitrogen and oxygen atoms in total. The lowest BCUT2D eigenvalue weighted by molar-refractivity contribution is 0.435. The lowest BCUT2D eigenvalue weighted by Gasteiger charge is -2.21. The predicted octanol–water partition coefficient (Wildman–Crippen LogP) is 4.39. The second kappa shape index (κ2) is 7.22. The van der Waals surface area contributed by atoms with Crippen LogP contribution in [-0.4, -0.2) is 6.72 Å². The Hall–Kier alpha value is -1.11. The molecule has 0 radical (unpaired) electrons. The first-order valence-electron chi connectivity index (χ1n) is 5.57. The van der Waals surface area contributed by atoms with Crippen LogP contribution in [0, 0.1) is 11.8 Å². The summed E-state index contributed by atoms with van der Waals surface area (Å²) in [5.41, 5.74) is 2.01. The molecule has 0 aromatic heterocycles. The minimum absolute atomic E-state index is 0.493. The van der Waals surface area contributed by atoms with Crippen molar-refractivity contribution in [3.8, 4) is 0 Å². The van der Waals surface area contributed by atoms with Crippen molar-refractivity contribution in [1.29, 1.82) is 0 Å². The zero-order valence-electron chi connectivity index (χ0n) is 10.5. The second-order valence-corrected chi connectivity index (χ2v) is 4.02. The van der Waals surface area contributed by atoms with E-state index in [0.29, 0.717) is 11.8 Å². The molecule has 1 atom stereocenters. The molecule has 0 N–H and O–H groups in total. The molecule has 0 aliphatic rings. The van der Waals surface area contributed by atoms with Crippen LogP contribution in [0.5, 0.6) is 0 Å². The average molecular weight is 205 g/mol. The Labute approximate surface area is 94.3 Å². The van der Waals surface area contributed by atoms with Crippen molar-refractivity contribution in [2.45, 2.75) is 34.1 Å². The van der Waals surface area contributed by atoms with Gasteiger partial charge in [0.05, 0.1) is 5.70 Å². The maximum atomic E-state index is 4.14. The highest BCUT2D eigenvalue weighted by molar-refractivity contribution is 5.40. The number of aliphatic imine (C=N–C) groups is 1. The Morgan fingerprint density at radius 3 is 2.33 bits per heavy atom. The molecule has 0 fully saturated rings. The molecule has 0 aliphatic carbocycles. The molecule has 0 rings (SSSR count). The molecular formula is C14H23N. The topological polar surface area (TPSA) is 12.4 Å².